The number of hydrogen-bond acceptors (Lipinski definition) is 5. The van der Waals surface area contributed by atoms with Gasteiger partial charge in [-0.1, -0.05) is 191 Å². The molecule has 0 aromatic heterocycles. The van der Waals surface area contributed by atoms with Gasteiger partial charge in [-0.15, -0.1) is 0 Å². The second-order valence-corrected chi connectivity index (χ2v) is 18.9. The van der Waals surface area contributed by atoms with Crippen molar-refractivity contribution in [2.75, 3.05) is 40.9 Å². The highest BCUT2D eigenvalue weighted by molar-refractivity contribution is 7.47. The molecule has 0 rings (SSSR count). The first kappa shape index (κ1) is 63.1. The lowest BCUT2D eigenvalue weighted by atomic mass is 10.1. The Morgan fingerprint density at radius 1 is 0.522 bits per heavy atom. The Hall–Kier alpha value is -3.88. The molecule has 9 heteroatoms. The van der Waals surface area contributed by atoms with Crippen molar-refractivity contribution >= 4 is 13.7 Å². The summed E-state index contributed by atoms with van der Waals surface area (Å²) in [6, 6.07) is -0.890. The molecule has 1 amide bonds. The lowest BCUT2D eigenvalue weighted by Gasteiger charge is -2.25. The summed E-state index contributed by atoms with van der Waals surface area (Å²) >= 11 is 0. The number of carbonyl (C=O) groups is 1. The number of aliphatic hydroxyl groups excluding tert-OH is 1. The summed E-state index contributed by atoms with van der Waals surface area (Å²) in [6.07, 6.45) is 75.1. The second-order valence-electron chi connectivity index (χ2n) is 17.4. The zero-order valence-electron chi connectivity index (χ0n) is 42.6. The third kappa shape index (κ3) is 49.8. The zero-order valence-corrected chi connectivity index (χ0v) is 43.5. The number of rotatable bonds is 43. The lowest BCUT2D eigenvalue weighted by molar-refractivity contribution is -0.870. The van der Waals surface area contributed by atoms with E-state index >= 15 is 0 Å². The van der Waals surface area contributed by atoms with E-state index in [4.69, 9.17) is 9.05 Å². The minimum Gasteiger partial charge on any atom is -0.387 e. The highest BCUT2D eigenvalue weighted by atomic mass is 31.2. The van der Waals surface area contributed by atoms with Crippen LogP contribution in [0.5, 0.6) is 0 Å². The van der Waals surface area contributed by atoms with Crippen molar-refractivity contribution in [2.45, 2.75) is 161 Å². The van der Waals surface area contributed by atoms with Crippen LogP contribution in [0.2, 0.25) is 0 Å². The molecule has 3 atom stereocenters. The van der Waals surface area contributed by atoms with Gasteiger partial charge in [0.05, 0.1) is 39.9 Å². The van der Waals surface area contributed by atoms with Crippen LogP contribution < -0.4 is 5.32 Å². The van der Waals surface area contributed by atoms with Crippen LogP contribution in [0, 0.1) is 0 Å². The van der Waals surface area contributed by atoms with Gasteiger partial charge in [-0.05, 0) is 109 Å². The maximum absolute atomic E-state index is 12.8. The Kier molecular flexibility index (Phi) is 44.5. The first-order valence-electron chi connectivity index (χ1n) is 25.4. The van der Waals surface area contributed by atoms with Crippen LogP contribution >= 0.6 is 7.82 Å². The van der Waals surface area contributed by atoms with Crippen molar-refractivity contribution in [3.63, 3.8) is 0 Å². The van der Waals surface area contributed by atoms with Gasteiger partial charge in [0.2, 0.25) is 5.91 Å². The SMILES string of the molecule is CC/C=C\C/C=C\C/C=C\C/C=C\C/C=C\C/C=C\C/C=C\C/C=C\C/C=C\C/C=C\C/C=C\CCCCCC(=O)NC(COP(=O)(O)OCC[N+](C)(C)C)C(O)/C=C/CC/C=C/CCCC. The van der Waals surface area contributed by atoms with E-state index in [0.29, 0.717) is 23.9 Å². The number of phosphoric ester groups is 1. The van der Waals surface area contributed by atoms with Crippen molar-refractivity contribution < 1.29 is 32.9 Å². The van der Waals surface area contributed by atoms with Gasteiger partial charge in [0.25, 0.3) is 0 Å². The molecule has 0 aliphatic rings. The number of amides is 1. The van der Waals surface area contributed by atoms with Crippen LogP contribution in [0.1, 0.15) is 149 Å². The number of likely N-dealkylation sites (N-methyl/N-ethyl adjacent to an activating group) is 1. The molecule has 3 N–H and O–H groups in total. The van der Waals surface area contributed by atoms with Gasteiger partial charge in [-0.25, -0.2) is 4.57 Å². The summed E-state index contributed by atoms with van der Waals surface area (Å²) in [6.45, 7) is 4.53. The Balaban J connectivity index is 4.20. The molecule has 0 aromatic rings. The number of unbranched alkanes of at least 4 members (excludes halogenated alkanes) is 6. The smallest absolute Gasteiger partial charge is 0.387 e. The fourth-order valence-corrected chi connectivity index (χ4v) is 6.72. The van der Waals surface area contributed by atoms with Crippen molar-refractivity contribution in [3.05, 3.63) is 158 Å². The van der Waals surface area contributed by atoms with Crippen molar-refractivity contribution in [2.24, 2.45) is 0 Å². The molecular weight excluding hydrogens is 852 g/mol. The fraction of sp³-hybridized carbons (Fsp3) is 0.534. The number of carbonyl (C=O) groups excluding carboxylic acids is 1. The largest absolute Gasteiger partial charge is 0.472 e. The van der Waals surface area contributed by atoms with Gasteiger partial charge in [0, 0.05) is 6.42 Å². The Labute approximate surface area is 410 Å². The summed E-state index contributed by atoms with van der Waals surface area (Å²) in [5.41, 5.74) is 0. The monoisotopic (exact) mass is 946 g/mol. The van der Waals surface area contributed by atoms with E-state index in [0.717, 1.165) is 116 Å². The molecule has 67 heavy (non-hydrogen) atoms. The molecule has 376 valence electrons. The fourth-order valence-electron chi connectivity index (χ4n) is 5.99. The number of allylic oxidation sites excluding steroid dienone is 25. The van der Waals surface area contributed by atoms with Gasteiger partial charge >= 0.3 is 7.82 Å². The van der Waals surface area contributed by atoms with Crippen LogP contribution in [0.25, 0.3) is 0 Å². The quantitative estimate of drug-likeness (QED) is 0.0243. The van der Waals surface area contributed by atoms with Gasteiger partial charge in [0.15, 0.2) is 0 Å². The van der Waals surface area contributed by atoms with E-state index in [-0.39, 0.29) is 19.1 Å². The number of quaternary nitrogens is 1. The lowest BCUT2D eigenvalue weighted by Crippen LogP contribution is -2.45. The van der Waals surface area contributed by atoms with Gasteiger partial charge < -0.3 is 19.8 Å². The number of phosphoric acid groups is 1. The predicted molar refractivity (Wildman–Crippen MR) is 290 cm³/mol. The van der Waals surface area contributed by atoms with Gasteiger partial charge in [0.1, 0.15) is 13.2 Å². The van der Waals surface area contributed by atoms with Gasteiger partial charge in [-0.3, -0.25) is 13.8 Å². The zero-order chi connectivity index (χ0) is 49.2. The van der Waals surface area contributed by atoms with Crippen LogP contribution in [0.4, 0.5) is 0 Å². The molecule has 0 spiro atoms. The van der Waals surface area contributed by atoms with Crippen molar-refractivity contribution in [1.29, 1.82) is 0 Å². The van der Waals surface area contributed by atoms with E-state index in [1.807, 2.05) is 27.2 Å². The maximum Gasteiger partial charge on any atom is 0.472 e. The molecule has 0 radical (unpaired) electrons. The predicted octanol–water partition coefficient (Wildman–Crippen LogP) is 15.1. The summed E-state index contributed by atoms with van der Waals surface area (Å²) in [4.78, 5) is 23.1. The molecule has 3 unspecified atom stereocenters. The minimum absolute atomic E-state index is 0.0395. The topological polar surface area (TPSA) is 105 Å². The molecule has 0 saturated carbocycles. The Bertz CT molecular complexity index is 1640. The number of nitrogens with one attached hydrogen (secondary N) is 1. The molecule has 0 heterocycles. The van der Waals surface area contributed by atoms with Gasteiger partial charge in [-0.2, -0.15) is 0 Å². The first-order chi connectivity index (χ1) is 32.5. The molecule has 0 saturated heterocycles. The summed E-state index contributed by atoms with van der Waals surface area (Å²) < 4.78 is 23.4. The third-order valence-corrected chi connectivity index (χ3v) is 11.0. The second kappa shape index (κ2) is 47.2. The van der Waals surface area contributed by atoms with Crippen molar-refractivity contribution in [1.82, 2.24) is 5.32 Å². The van der Waals surface area contributed by atoms with Crippen LogP contribution in [0.3, 0.4) is 0 Å². The molecule has 8 nitrogen and oxygen atoms in total. The van der Waals surface area contributed by atoms with E-state index in [1.165, 1.54) is 6.42 Å². The standard InChI is InChI=1S/C58H93N2O6P/c1-6-8-10-12-14-16-17-18-19-20-21-22-23-24-25-26-27-28-29-30-31-32-33-34-35-36-37-38-39-40-41-42-43-44-46-48-50-52-58(62)59-56(55-66-67(63,64)65-54-53-60(3,4)5)57(61)51-49-47-45-15-13-11-9-7-2/h8,10,13-16,18-19,21-22,24-25,27-28,30-31,33-34,36-37,39-40,42-43,49,51,56-57,61H,6-7,9,11-12,17,20,23,26,29,32,35,38,41,44-48,50,52-55H2,1-5H3,(H-,59,62,63,64)/p+1/b10-8-,15-13+,16-14-,19-18-,22-21-,25-24-,28-27-,31-30-,34-33-,37-36-,40-39-,43-42-,51-49+. The first-order valence-corrected chi connectivity index (χ1v) is 26.9. The van der Waals surface area contributed by atoms with Crippen molar-refractivity contribution in [3.8, 4) is 0 Å². The molecule has 0 bridgehead atoms. The number of hydrogen-bond donors (Lipinski definition) is 3. The van der Waals surface area contributed by atoms with Crippen LogP contribution in [0.15, 0.2) is 158 Å². The maximum atomic E-state index is 12.8. The third-order valence-electron chi connectivity index (χ3n) is 9.98. The normalized spacial score (nSPS) is 15.4. The van der Waals surface area contributed by atoms with E-state index < -0.39 is 20.0 Å². The number of nitrogens with zero attached hydrogens (tertiary/aromatic N) is 1. The highest BCUT2D eigenvalue weighted by Crippen LogP contribution is 2.43. The van der Waals surface area contributed by atoms with Crippen LogP contribution in [-0.2, 0) is 18.4 Å². The molecule has 0 aromatic carbocycles. The summed E-state index contributed by atoms with van der Waals surface area (Å²) in [7, 11) is 1.50. The van der Waals surface area contributed by atoms with Crippen LogP contribution in [-0.4, -0.2) is 73.4 Å². The minimum atomic E-state index is -4.36. The van der Waals surface area contributed by atoms with E-state index in [1.54, 1.807) is 6.08 Å². The Morgan fingerprint density at radius 3 is 1.34 bits per heavy atom. The Morgan fingerprint density at radius 2 is 0.910 bits per heavy atom. The number of aliphatic hydroxyl groups is 1. The average Bonchev–Trinajstić information content (AvgIpc) is 3.29. The molecular formula is C58H94N2O6P+. The molecule has 0 fully saturated rings. The summed E-state index contributed by atoms with van der Waals surface area (Å²) in [5.74, 6) is -0.232. The van der Waals surface area contributed by atoms with E-state index in [2.05, 4.69) is 165 Å². The summed E-state index contributed by atoms with van der Waals surface area (Å²) in [5, 5.41) is 13.7. The molecule has 0 aliphatic heterocycles. The molecule has 0 aliphatic carbocycles. The van der Waals surface area contributed by atoms with E-state index in [9.17, 15) is 19.4 Å². The average molecular weight is 946 g/mol. The highest BCUT2D eigenvalue weighted by Gasteiger charge is 2.27.